The van der Waals surface area contributed by atoms with Gasteiger partial charge in [-0.15, -0.1) is 0 Å². The fraction of sp³-hybridized carbons (Fsp3) is 0. The Morgan fingerprint density at radius 2 is 0.651 bits per heavy atom. The summed E-state index contributed by atoms with van der Waals surface area (Å²) < 4.78 is 0. The highest BCUT2D eigenvalue weighted by Crippen LogP contribution is 2.51. The Hall–Kier alpha value is -8.26. The maximum atomic E-state index is 2.48. The Morgan fingerprint density at radius 3 is 1.27 bits per heavy atom. The van der Waals surface area contributed by atoms with Crippen molar-refractivity contribution in [3.8, 4) is 66.8 Å². The van der Waals surface area contributed by atoms with Crippen molar-refractivity contribution in [3.05, 3.63) is 261 Å². The van der Waals surface area contributed by atoms with Crippen LogP contribution in [0.2, 0.25) is 0 Å². The van der Waals surface area contributed by atoms with Gasteiger partial charge in [0.15, 0.2) is 0 Å². The highest BCUT2D eigenvalue weighted by Gasteiger charge is 2.24. The molecule has 0 saturated carbocycles. The van der Waals surface area contributed by atoms with Gasteiger partial charge in [-0.25, -0.2) is 0 Å². The van der Waals surface area contributed by atoms with Gasteiger partial charge in [-0.05, 0) is 108 Å². The molecule has 1 nitrogen and oxygen atoms in total. The van der Waals surface area contributed by atoms with Gasteiger partial charge in [0, 0.05) is 16.6 Å². The van der Waals surface area contributed by atoms with Gasteiger partial charge in [0.25, 0.3) is 0 Å². The second-order valence-electron chi connectivity index (χ2n) is 16.0. The lowest BCUT2D eigenvalue weighted by Gasteiger charge is -2.30. The molecule has 0 aromatic heterocycles. The van der Waals surface area contributed by atoms with Crippen molar-refractivity contribution in [1.29, 1.82) is 0 Å². The van der Waals surface area contributed by atoms with E-state index in [4.69, 9.17) is 0 Å². The molecule has 0 saturated heterocycles. The van der Waals surface area contributed by atoms with Crippen LogP contribution in [0.4, 0.5) is 17.1 Å². The van der Waals surface area contributed by atoms with E-state index >= 15 is 0 Å². The first-order valence-electron chi connectivity index (χ1n) is 21.7. The Bertz CT molecular complexity index is 3340. The van der Waals surface area contributed by atoms with Crippen molar-refractivity contribution in [2.75, 3.05) is 4.90 Å². The van der Waals surface area contributed by atoms with Crippen LogP contribution < -0.4 is 4.90 Å². The van der Waals surface area contributed by atoms with Crippen LogP contribution in [0, 0.1) is 0 Å². The zero-order valence-corrected chi connectivity index (χ0v) is 34.8. The molecule has 0 spiro atoms. The average molecular weight is 802 g/mol. The minimum atomic E-state index is 1.08. The van der Waals surface area contributed by atoms with Crippen LogP contribution in [-0.4, -0.2) is 0 Å². The number of nitrogens with zero attached hydrogens (tertiary/aromatic N) is 1. The van der Waals surface area contributed by atoms with E-state index in [1.54, 1.807) is 0 Å². The number of anilines is 3. The summed E-state index contributed by atoms with van der Waals surface area (Å²) in [6.45, 7) is 0. The van der Waals surface area contributed by atoms with Gasteiger partial charge >= 0.3 is 0 Å². The zero-order valence-electron chi connectivity index (χ0n) is 34.8. The lowest BCUT2D eigenvalue weighted by Crippen LogP contribution is -2.12. The topological polar surface area (TPSA) is 3.24 Å². The molecule has 0 fully saturated rings. The Balaban J connectivity index is 1.16. The van der Waals surface area contributed by atoms with Gasteiger partial charge in [0.05, 0.1) is 11.4 Å². The SMILES string of the molecule is c1ccc(-c2ccc(-c3ccc(N(c4ccccc4-c4ccccc4)c4cccc5c(-c6ccccc6)c(-c6ccccc6)c6ccccc6c45)cc3)c(-c3ccccc3)c2)cc1. The average Bonchev–Trinajstić information content (AvgIpc) is 3.37. The van der Waals surface area contributed by atoms with Crippen molar-refractivity contribution in [3.63, 3.8) is 0 Å². The monoisotopic (exact) mass is 801 g/mol. The van der Waals surface area contributed by atoms with Crippen LogP contribution in [0.5, 0.6) is 0 Å². The molecule has 0 bridgehead atoms. The van der Waals surface area contributed by atoms with Crippen LogP contribution >= 0.6 is 0 Å². The van der Waals surface area contributed by atoms with Crippen LogP contribution in [-0.2, 0) is 0 Å². The van der Waals surface area contributed by atoms with Crippen LogP contribution in [0.15, 0.2) is 261 Å². The quantitative estimate of drug-likeness (QED) is 0.131. The molecule has 1 heteroatoms. The third kappa shape index (κ3) is 7.06. The Kier molecular flexibility index (Phi) is 9.97. The van der Waals surface area contributed by atoms with Crippen molar-refractivity contribution in [2.24, 2.45) is 0 Å². The van der Waals surface area contributed by atoms with Gasteiger partial charge in [-0.1, -0.05) is 231 Å². The van der Waals surface area contributed by atoms with Crippen molar-refractivity contribution in [1.82, 2.24) is 0 Å². The summed E-state index contributed by atoms with van der Waals surface area (Å²) in [6.07, 6.45) is 0. The highest BCUT2D eigenvalue weighted by molar-refractivity contribution is 6.25. The van der Waals surface area contributed by atoms with Gasteiger partial charge in [0.1, 0.15) is 0 Å². The van der Waals surface area contributed by atoms with E-state index in [1.807, 2.05) is 0 Å². The van der Waals surface area contributed by atoms with Gasteiger partial charge in [-0.3, -0.25) is 0 Å². The maximum absolute atomic E-state index is 2.48. The maximum Gasteiger partial charge on any atom is 0.0546 e. The second-order valence-corrected chi connectivity index (χ2v) is 16.0. The smallest absolute Gasteiger partial charge is 0.0546 e. The largest absolute Gasteiger partial charge is 0.309 e. The van der Waals surface area contributed by atoms with E-state index in [9.17, 15) is 0 Å². The Morgan fingerprint density at radius 1 is 0.222 bits per heavy atom. The molecule has 0 amide bonds. The third-order valence-corrected chi connectivity index (χ3v) is 12.3. The summed E-state index contributed by atoms with van der Waals surface area (Å²) >= 11 is 0. The zero-order chi connectivity index (χ0) is 42.0. The molecule has 296 valence electrons. The van der Waals surface area contributed by atoms with Crippen molar-refractivity contribution in [2.45, 2.75) is 0 Å². The lowest BCUT2D eigenvalue weighted by molar-refractivity contribution is 1.30. The fourth-order valence-electron chi connectivity index (χ4n) is 9.41. The molecule has 0 aliphatic carbocycles. The molecular weight excluding hydrogens is 759 g/mol. The molecule has 11 rings (SSSR count). The van der Waals surface area contributed by atoms with E-state index in [-0.39, 0.29) is 0 Å². The van der Waals surface area contributed by atoms with Gasteiger partial charge < -0.3 is 4.90 Å². The van der Waals surface area contributed by atoms with Crippen molar-refractivity contribution < 1.29 is 0 Å². The predicted octanol–water partition coefficient (Wildman–Crippen LogP) is 17.5. The standard InChI is InChI=1S/C62H43N/c1-6-21-44(22-7-1)50-39-42-52(57(43-50)46-25-10-3-11-26-46)47-37-40-51(41-38-47)63(58-35-19-18-31-53(58)45-23-8-2-9-24-45)59-36-20-34-56-61(49-29-14-5-15-30-49)60(48-27-12-4-13-28-48)54-32-16-17-33-55(54)62(56)59/h1-43H. The van der Waals surface area contributed by atoms with E-state index in [2.05, 4.69) is 266 Å². The fourth-order valence-corrected chi connectivity index (χ4v) is 9.41. The van der Waals surface area contributed by atoms with Gasteiger partial charge in [-0.2, -0.15) is 0 Å². The van der Waals surface area contributed by atoms with Crippen molar-refractivity contribution >= 4 is 38.6 Å². The minimum Gasteiger partial charge on any atom is -0.309 e. The third-order valence-electron chi connectivity index (χ3n) is 12.3. The first-order chi connectivity index (χ1) is 31.3. The number of para-hydroxylation sites is 1. The van der Waals surface area contributed by atoms with E-state index in [0.29, 0.717) is 0 Å². The predicted molar refractivity (Wildman–Crippen MR) is 269 cm³/mol. The van der Waals surface area contributed by atoms with Crippen LogP contribution in [0.3, 0.4) is 0 Å². The summed E-state index contributed by atoms with van der Waals surface area (Å²) in [4.78, 5) is 2.48. The van der Waals surface area contributed by atoms with E-state index in [0.717, 1.165) is 28.2 Å². The summed E-state index contributed by atoms with van der Waals surface area (Å²) in [7, 11) is 0. The number of benzene rings is 11. The molecule has 0 aliphatic rings. The first kappa shape index (κ1) is 37.7. The first-order valence-corrected chi connectivity index (χ1v) is 21.7. The molecule has 0 radical (unpaired) electrons. The van der Waals surface area contributed by atoms with Crippen LogP contribution in [0.1, 0.15) is 0 Å². The molecule has 11 aromatic carbocycles. The molecule has 0 N–H and O–H groups in total. The number of hydrogen-bond donors (Lipinski definition) is 0. The number of rotatable bonds is 9. The summed E-state index contributed by atoms with van der Waals surface area (Å²) in [5.41, 5.74) is 17.7. The normalized spacial score (nSPS) is 11.2. The number of fused-ring (bicyclic) bond motifs is 3. The molecule has 11 aromatic rings. The molecule has 63 heavy (non-hydrogen) atoms. The lowest BCUT2D eigenvalue weighted by atomic mass is 9.84. The highest BCUT2D eigenvalue weighted by atomic mass is 15.1. The molecule has 0 aliphatic heterocycles. The summed E-state index contributed by atoms with van der Waals surface area (Å²) in [5, 5.41) is 4.86. The van der Waals surface area contributed by atoms with Crippen LogP contribution in [0.25, 0.3) is 88.3 Å². The summed E-state index contributed by atoms with van der Waals surface area (Å²) in [5.74, 6) is 0. The molecule has 0 heterocycles. The molecule has 0 unspecified atom stereocenters. The number of hydrogen-bond acceptors (Lipinski definition) is 1. The van der Waals surface area contributed by atoms with Gasteiger partial charge in [0.2, 0.25) is 0 Å². The van der Waals surface area contributed by atoms with E-state index in [1.165, 1.54) is 77.2 Å². The summed E-state index contributed by atoms with van der Waals surface area (Å²) in [6, 6.07) is 94.7. The second kappa shape index (κ2) is 16.7. The van der Waals surface area contributed by atoms with E-state index < -0.39 is 0 Å². The Labute approximate surface area is 369 Å². The minimum absolute atomic E-state index is 1.08. The molecule has 0 atom stereocenters. The molecular formula is C62H43N.